The molecule has 0 bridgehead atoms. The minimum atomic E-state index is -0.407. The molecule has 0 saturated carbocycles. The first-order valence-corrected chi connectivity index (χ1v) is 5.80. The van der Waals surface area contributed by atoms with Crippen LogP contribution >= 0.6 is 15.9 Å². The second-order valence-corrected chi connectivity index (χ2v) is 4.46. The third kappa shape index (κ3) is 3.83. The molecule has 0 radical (unpaired) electrons. The Kier molecular flexibility index (Phi) is 3.79. The molecule has 16 heavy (non-hydrogen) atoms. The van der Waals surface area contributed by atoms with Gasteiger partial charge in [-0.15, -0.1) is 0 Å². The number of hydrogen-bond donors (Lipinski definition) is 1. The molecule has 4 nitrogen and oxygen atoms in total. The van der Waals surface area contributed by atoms with E-state index in [0.717, 1.165) is 16.6 Å². The maximum Gasteiger partial charge on any atom is 0.407 e. The van der Waals surface area contributed by atoms with E-state index in [1.807, 2.05) is 24.3 Å². The van der Waals surface area contributed by atoms with E-state index in [1.165, 1.54) is 0 Å². The van der Waals surface area contributed by atoms with Crippen LogP contribution in [0.25, 0.3) is 0 Å². The first-order chi connectivity index (χ1) is 7.74. The van der Waals surface area contributed by atoms with E-state index >= 15 is 0 Å². The summed E-state index contributed by atoms with van der Waals surface area (Å²) >= 11 is 3.35. The lowest BCUT2D eigenvalue weighted by Gasteiger charge is -2.06. The molecule has 0 spiro atoms. The average Bonchev–Trinajstić information content (AvgIpc) is 3.07. The van der Waals surface area contributed by atoms with Crippen molar-refractivity contribution < 1.29 is 14.3 Å². The maximum absolute atomic E-state index is 11.2. The molecule has 86 valence electrons. The smallest absolute Gasteiger partial charge is 0.407 e. The number of carbonyl (C=O) groups excluding carboxylic acids is 1. The highest BCUT2D eigenvalue weighted by Crippen LogP contribution is 2.12. The first kappa shape index (κ1) is 11.4. The van der Waals surface area contributed by atoms with Gasteiger partial charge >= 0.3 is 6.09 Å². The molecule has 1 fully saturated rings. The highest BCUT2D eigenvalue weighted by molar-refractivity contribution is 9.10. The van der Waals surface area contributed by atoms with Crippen LogP contribution in [0.5, 0.6) is 0 Å². The molecule has 1 aliphatic heterocycles. The lowest BCUT2D eigenvalue weighted by Crippen LogP contribution is -2.27. The number of amides is 1. The Bertz CT molecular complexity index is 379. The molecule has 1 N–H and O–H groups in total. The summed E-state index contributed by atoms with van der Waals surface area (Å²) in [5.74, 6) is 0. The van der Waals surface area contributed by atoms with E-state index in [-0.39, 0.29) is 12.7 Å². The number of alkyl carbamates (subject to hydrolysis) is 1. The van der Waals surface area contributed by atoms with Gasteiger partial charge in [-0.3, -0.25) is 0 Å². The Morgan fingerprint density at radius 3 is 3.12 bits per heavy atom. The minimum Gasteiger partial charge on any atom is -0.445 e. The van der Waals surface area contributed by atoms with Crippen LogP contribution in [-0.2, 0) is 16.1 Å². The van der Waals surface area contributed by atoms with Gasteiger partial charge in [0.05, 0.1) is 12.7 Å². The fourth-order valence-electron chi connectivity index (χ4n) is 1.21. The van der Waals surface area contributed by atoms with Crippen LogP contribution in [0.1, 0.15) is 5.56 Å². The molecule has 1 saturated heterocycles. The third-order valence-electron chi connectivity index (χ3n) is 2.14. The van der Waals surface area contributed by atoms with Crippen LogP contribution in [-0.4, -0.2) is 25.3 Å². The summed E-state index contributed by atoms with van der Waals surface area (Å²) in [6, 6.07) is 7.64. The summed E-state index contributed by atoms with van der Waals surface area (Å²) < 4.78 is 11.0. The number of rotatable bonds is 4. The van der Waals surface area contributed by atoms with Gasteiger partial charge in [0.25, 0.3) is 0 Å². The lowest BCUT2D eigenvalue weighted by atomic mass is 10.2. The zero-order valence-corrected chi connectivity index (χ0v) is 10.2. The van der Waals surface area contributed by atoms with Crippen LogP contribution in [0.3, 0.4) is 0 Å². The molecule has 1 heterocycles. The number of nitrogens with one attached hydrogen (secondary N) is 1. The Morgan fingerprint density at radius 1 is 1.62 bits per heavy atom. The van der Waals surface area contributed by atoms with E-state index in [2.05, 4.69) is 21.2 Å². The molecule has 1 unspecified atom stereocenters. The van der Waals surface area contributed by atoms with Crippen molar-refractivity contribution in [3.8, 4) is 0 Å². The highest BCUT2D eigenvalue weighted by atomic mass is 79.9. The van der Waals surface area contributed by atoms with Crippen LogP contribution in [0.4, 0.5) is 4.79 Å². The van der Waals surface area contributed by atoms with Gasteiger partial charge in [-0.1, -0.05) is 28.1 Å². The van der Waals surface area contributed by atoms with Gasteiger partial charge in [-0.05, 0) is 17.7 Å². The molecule has 0 aliphatic carbocycles. The molecule has 0 aromatic heterocycles. The van der Waals surface area contributed by atoms with Crippen LogP contribution in [0.2, 0.25) is 0 Å². The molecule has 1 atom stereocenters. The number of benzene rings is 1. The maximum atomic E-state index is 11.2. The SMILES string of the molecule is O=C(NCC1CO1)OCc1cccc(Br)c1. The Labute approximate surface area is 102 Å². The monoisotopic (exact) mass is 285 g/mol. The van der Waals surface area contributed by atoms with Crippen LogP contribution in [0.15, 0.2) is 28.7 Å². The quantitative estimate of drug-likeness (QED) is 0.862. The van der Waals surface area contributed by atoms with Crippen molar-refractivity contribution in [2.24, 2.45) is 0 Å². The molecule has 2 rings (SSSR count). The van der Waals surface area contributed by atoms with Crippen molar-refractivity contribution in [1.82, 2.24) is 5.32 Å². The van der Waals surface area contributed by atoms with Crippen molar-refractivity contribution in [3.63, 3.8) is 0 Å². The van der Waals surface area contributed by atoms with Crippen LogP contribution in [0, 0.1) is 0 Å². The van der Waals surface area contributed by atoms with E-state index < -0.39 is 6.09 Å². The summed E-state index contributed by atoms with van der Waals surface area (Å²) in [6.45, 7) is 1.53. The van der Waals surface area contributed by atoms with Gasteiger partial charge in [-0.2, -0.15) is 0 Å². The first-order valence-electron chi connectivity index (χ1n) is 5.01. The second-order valence-electron chi connectivity index (χ2n) is 3.54. The summed E-state index contributed by atoms with van der Waals surface area (Å²) in [4.78, 5) is 11.2. The fraction of sp³-hybridized carbons (Fsp3) is 0.364. The second kappa shape index (κ2) is 5.32. The summed E-state index contributed by atoms with van der Waals surface area (Å²) in [6.07, 6.45) is -0.228. The zero-order valence-electron chi connectivity index (χ0n) is 8.61. The largest absolute Gasteiger partial charge is 0.445 e. The molecule has 1 aromatic rings. The molecular weight excluding hydrogens is 274 g/mol. The zero-order chi connectivity index (χ0) is 11.4. The number of carbonyl (C=O) groups is 1. The van der Waals surface area contributed by atoms with Crippen molar-refractivity contribution >= 4 is 22.0 Å². The van der Waals surface area contributed by atoms with Crippen molar-refractivity contribution in [2.75, 3.05) is 13.2 Å². The lowest BCUT2D eigenvalue weighted by molar-refractivity contribution is 0.138. The third-order valence-corrected chi connectivity index (χ3v) is 2.63. The van der Waals surface area contributed by atoms with Crippen molar-refractivity contribution in [1.29, 1.82) is 0 Å². The Hall–Kier alpha value is -1.07. The molecular formula is C11H12BrNO3. The Balaban J connectivity index is 1.71. The van der Waals surface area contributed by atoms with Crippen molar-refractivity contribution in [3.05, 3.63) is 34.3 Å². The van der Waals surface area contributed by atoms with E-state index in [4.69, 9.17) is 9.47 Å². The van der Waals surface area contributed by atoms with Gasteiger partial charge in [0.2, 0.25) is 0 Å². The number of epoxide rings is 1. The predicted molar refractivity (Wildman–Crippen MR) is 62.1 cm³/mol. The summed E-state index contributed by atoms with van der Waals surface area (Å²) in [7, 11) is 0. The summed E-state index contributed by atoms with van der Waals surface area (Å²) in [5, 5.41) is 2.63. The molecule has 1 aliphatic rings. The van der Waals surface area contributed by atoms with Gasteiger partial charge in [-0.25, -0.2) is 4.79 Å². The molecule has 5 heteroatoms. The number of ether oxygens (including phenoxy) is 2. The van der Waals surface area contributed by atoms with E-state index in [1.54, 1.807) is 0 Å². The van der Waals surface area contributed by atoms with E-state index in [0.29, 0.717) is 6.54 Å². The Morgan fingerprint density at radius 2 is 2.44 bits per heavy atom. The number of hydrogen-bond acceptors (Lipinski definition) is 3. The topological polar surface area (TPSA) is 50.9 Å². The highest BCUT2D eigenvalue weighted by Gasteiger charge is 2.22. The van der Waals surface area contributed by atoms with Crippen molar-refractivity contribution in [2.45, 2.75) is 12.7 Å². The number of halogens is 1. The van der Waals surface area contributed by atoms with Gasteiger partial charge in [0, 0.05) is 11.0 Å². The minimum absolute atomic E-state index is 0.179. The average molecular weight is 286 g/mol. The fourth-order valence-corrected chi connectivity index (χ4v) is 1.66. The molecule has 1 amide bonds. The standard InChI is InChI=1S/C11H12BrNO3/c12-9-3-1-2-8(4-9)6-16-11(14)13-5-10-7-15-10/h1-4,10H,5-7H2,(H,13,14). The normalized spacial score (nSPS) is 17.9. The van der Waals surface area contributed by atoms with Crippen LogP contribution < -0.4 is 5.32 Å². The van der Waals surface area contributed by atoms with Gasteiger partial charge < -0.3 is 14.8 Å². The van der Waals surface area contributed by atoms with E-state index in [9.17, 15) is 4.79 Å². The summed E-state index contributed by atoms with van der Waals surface area (Å²) in [5.41, 5.74) is 0.951. The molecule has 1 aromatic carbocycles. The predicted octanol–water partition coefficient (Wildman–Crippen LogP) is 2.07. The van der Waals surface area contributed by atoms with Gasteiger partial charge in [0.15, 0.2) is 0 Å². The van der Waals surface area contributed by atoms with Gasteiger partial charge in [0.1, 0.15) is 6.61 Å².